The molecule has 1 aromatic carbocycles. The molecule has 0 aromatic heterocycles. The lowest BCUT2D eigenvalue weighted by Gasteiger charge is -2.32. The molecular formula is C16H27ClN2O. The van der Waals surface area contributed by atoms with Crippen LogP contribution in [0.4, 0.5) is 5.69 Å². The quantitative estimate of drug-likeness (QED) is 0.752. The van der Waals surface area contributed by atoms with Crippen LogP contribution in [0.25, 0.3) is 0 Å². The maximum Gasteiger partial charge on any atom is 0.0637 e. The van der Waals surface area contributed by atoms with E-state index in [0.29, 0.717) is 6.04 Å². The summed E-state index contributed by atoms with van der Waals surface area (Å²) in [4.78, 5) is 2.41. The van der Waals surface area contributed by atoms with Crippen molar-refractivity contribution in [2.45, 2.75) is 39.8 Å². The molecule has 1 aromatic rings. The van der Waals surface area contributed by atoms with Gasteiger partial charge in [0.1, 0.15) is 0 Å². The standard InChI is InChI=1S/C16H27ClN2O/c1-5-13(3)19(9-10-20-4)16-8-7-15(17)11-14(16)12-18-6-2/h7-8,11,13,18H,5-6,9-10,12H2,1-4H3. The maximum absolute atomic E-state index is 6.15. The van der Waals surface area contributed by atoms with Crippen molar-refractivity contribution < 1.29 is 4.74 Å². The van der Waals surface area contributed by atoms with Crippen molar-refractivity contribution in [3.8, 4) is 0 Å². The third-order valence-corrected chi connectivity index (χ3v) is 3.81. The van der Waals surface area contributed by atoms with Crippen LogP contribution in [0, 0.1) is 0 Å². The number of benzene rings is 1. The van der Waals surface area contributed by atoms with E-state index in [1.165, 1.54) is 11.3 Å². The van der Waals surface area contributed by atoms with Crippen molar-refractivity contribution in [3.05, 3.63) is 28.8 Å². The van der Waals surface area contributed by atoms with Crippen molar-refractivity contribution in [1.29, 1.82) is 0 Å². The first-order chi connectivity index (χ1) is 9.63. The van der Waals surface area contributed by atoms with Gasteiger partial charge in [-0.2, -0.15) is 0 Å². The number of methoxy groups -OCH3 is 1. The zero-order valence-corrected chi connectivity index (χ0v) is 13.8. The lowest BCUT2D eigenvalue weighted by atomic mass is 10.1. The summed E-state index contributed by atoms with van der Waals surface area (Å²) in [5.41, 5.74) is 2.50. The second kappa shape index (κ2) is 9.22. The van der Waals surface area contributed by atoms with E-state index in [4.69, 9.17) is 16.3 Å². The minimum absolute atomic E-state index is 0.478. The number of nitrogens with zero attached hydrogens (tertiary/aromatic N) is 1. The molecule has 0 heterocycles. The number of hydrogen-bond donors (Lipinski definition) is 1. The lowest BCUT2D eigenvalue weighted by molar-refractivity contribution is 0.203. The predicted octanol–water partition coefficient (Wildman–Crippen LogP) is 3.70. The smallest absolute Gasteiger partial charge is 0.0637 e. The molecule has 3 nitrogen and oxygen atoms in total. The van der Waals surface area contributed by atoms with E-state index in [1.807, 2.05) is 6.07 Å². The van der Waals surface area contributed by atoms with Gasteiger partial charge >= 0.3 is 0 Å². The van der Waals surface area contributed by atoms with Crippen LogP contribution in [0.2, 0.25) is 5.02 Å². The van der Waals surface area contributed by atoms with Gasteiger partial charge < -0.3 is 15.0 Å². The summed E-state index contributed by atoms with van der Waals surface area (Å²) < 4.78 is 5.25. The first kappa shape index (κ1) is 17.3. The molecule has 0 fully saturated rings. The largest absolute Gasteiger partial charge is 0.383 e. The average Bonchev–Trinajstić information content (AvgIpc) is 2.46. The second-order valence-electron chi connectivity index (χ2n) is 5.00. The lowest BCUT2D eigenvalue weighted by Crippen LogP contribution is -2.36. The molecule has 0 saturated heterocycles. The fourth-order valence-corrected chi connectivity index (χ4v) is 2.42. The van der Waals surface area contributed by atoms with Gasteiger partial charge in [-0.25, -0.2) is 0 Å². The van der Waals surface area contributed by atoms with Gasteiger partial charge in [0.25, 0.3) is 0 Å². The Morgan fingerprint density at radius 3 is 2.70 bits per heavy atom. The molecule has 114 valence electrons. The van der Waals surface area contributed by atoms with Crippen LogP contribution in [0.1, 0.15) is 32.8 Å². The predicted molar refractivity (Wildman–Crippen MR) is 87.8 cm³/mol. The highest BCUT2D eigenvalue weighted by Gasteiger charge is 2.16. The van der Waals surface area contributed by atoms with Crippen molar-refractivity contribution in [1.82, 2.24) is 5.32 Å². The van der Waals surface area contributed by atoms with E-state index in [1.54, 1.807) is 7.11 Å². The molecular weight excluding hydrogens is 272 g/mol. The third-order valence-electron chi connectivity index (χ3n) is 3.58. The number of anilines is 1. The van der Waals surface area contributed by atoms with E-state index in [2.05, 4.69) is 43.1 Å². The molecule has 0 amide bonds. The minimum atomic E-state index is 0.478. The van der Waals surface area contributed by atoms with Gasteiger partial charge in [-0.3, -0.25) is 0 Å². The molecule has 0 aliphatic carbocycles. The summed E-state index contributed by atoms with van der Waals surface area (Å²) in [6.07, 6.45) is 1.10. The normalized spacial score (nSPS) is 12.4. The van der Waals surface area contributed by atoms with Crippen molar-refractivity contribution in [2.75, 3.05) is 31.7 Å². The third kappa shape index (κ3) is 4.97. The highest BCUT2D eigenvalue weighted by Crippen LogP contribution is 2.26. The summed E-state index contributed by atoms with van der Waals surface area (Å²) in [6, 6.07) is 6.62. The Kier molecular flexibility index (Phi) is 7.97. The number of nitrogens with one attached hydrogen (secondary N) is 1. The highest BCUT2D eigenvalue weighted by molar-refractivity contribution is 6.30. The Balaban J connectivity index is 3.03. The van der Waals surface area contributed by atoms with Crippen LogP contribution in [0.3, 0.4) is 0 Å². The second-order valence-corrected chi connectivity index (χ2v) is 5.43. The summed E-state index contributed by atoms with van der Waals surface area (Å²) >= 11 is 6.15. The van der Waals surface area contributed by atoms with Crippen molar-refractivity contribution >= 4 is 17.3 Å². The topological polar surface area (TPSA) is 24.5 Å². The minimum Gasteiger partial charge on any atom is -0.383 e. The maximum atomic E-state index is 6.15. The molecule has 0 spiro atoms. The van der Waals surface area contributed by atoms with Gasteiger partial charge in [-0.15, -0.1) is 0 Å². The zero-order chi connectivity index (χ0) is 15.0. The van der Waals surface area contributed by atoms with Gasteiger partial charge in [0.2, 0.25) is 0 Å². The van der Waals surface area contributed by atoms with Crippen LogP contribution >= 0.6 is 11.6 Å². The molecule has 1 N–H and O–H groups in total. The van der Waals surface area contributed by atoms with Crippen LogP contribution < -0.4 is 10.2 Å². The Morgan fingerprint density at radius 1 is 1.35 bits per heavy atom. The Bertz CT molecular complexity index is 398. The number of ether oxygens (including phenoxy) is 1. The van der Waals surface area contributed by atoms with Crippen molar-refractivity contribution in [3.63, 3.8) is 0 Å². The number of hydrogen-bond acceptors (Lipinski definition) is 3. The van der Waals surface area contributed by atoms with Gasteiger partial charge in [-0.1, -0.05) is 25.4 Å². The first-order valence-electron chi connectivity index (χ1n) is 7.38. The van der Waals surface area contributed by atoms with E-state index < -0.39 is 0 Å². The van der Waals surface area contributed by atoms with Gasteiger partial charge in [0.05, 0.1) is 6.61 Å². The Morgan fingerprint density at radius 2 is 2.10 bits per heavy atom. The van der Waals surface area contributed by atoms with E-state index in [-0.39, 0.29) is 0 Å². The fraction of sp³-hybridized carbons (Fsp3) is 0.625. The van der Waals surface area contributed by atoms with Gasteiger partial charge in [0.15, 0.2) is 0 Å². The first-order valence-corrected chi connectivity index (χ1v) is 7.76. The van der Waals surface area contributed by atoms with E-state index in [9.17, 15) is 0 Å². The summed E-state index contributed by atoms with van der Waals surface area (Å²) in [6.45, 7) is 9.99. The molecule has 1 rings (SSSR count). The summed E-state index contributed by atoms with van der Waals surface area (Å²) in [7, 11) is 1.75. The molecule has 0 aliphatic rings. The number of rotatable bonds is 9. The highest BCUT2D eigenvalue weighted by atomic mass is 35.5. The van der Waals surface area contributed by atoms with E-state index in [0.717, 1.165) is 37.7 Å². The van der Waals surface area contributed by atoms with Crippen LogP contribution in [0.15, 0.2) is 18.2 Å². The summed E-state index contributed by atoms with van der Waals surface area (Å²) in [5, 5.41) is 4.17. The molecule has 1 unspecified atom stereocenters. The molecule has 4 heteroatoms. The average molecular weight is 299 g/mol. The van der Waals surface area contributed by atoms with Crippen LogP contribution in [-0.2, 0) is 11.3 Å². The van der Waals surface area contributed by atoms with Crippen LogP contribution in [-0.4, -0.2) is 32.8 Å². The molecule has 1 atom stereocenters. The molecule has 0 radical (unpaired) electrons. The molecule has 0 aliphatic heterocycles. The van der Waals surface area contributed by atoms with Crippen LogP contribution in [0.5, 0.6) is 0 Å². The summed E-state index contributed by atoms with van der Waals surface area (Å²) in [5.74, 6) is 0. The number of halogens is 1. The molecule has 0 bridgehead atoms. The fourth-order valence-electron chi connectivity index (χ4n) is 2.22. The van der Waals surface area contributed by atoms with Gasteiger partial charge in [-0.05, 0) is 43.7 Å². The molecule has 0 saturated carbocycles. The Labute approximate surface area is 128 Å². The Hall–Kier alpha value is -0.770. The molecule has 20 heavy (non-hydrogen) atoms. The SMILES string of the molecule is CCNCc1cc(Cl)ccc1N(CCOC)C(C)CC. The van der Waals surface area contributed by atoms with Gasteiger partial charge in [0, 0.05) is 37.0 Å². The van der Waals surface area contributed by atoms with Crippen molar-refractivity contribution in [2.24, 2.45) is 0 Å². The monoisotopic (exact) mass is 298 g/mol. The van der Waals surface area contributed by atoms with E-state index >= 15 is 0 Å². The zero-order valence-electron chi connectivity index (χ0n) is 13.1.